The lowest BCUT2D eigenvalue weighted by Crippen LogP contribution is -2.30. The predicted molar refractivity (Wildman–Crippen MR) is 70.9 cm³/mol. The first-order chi connectivity index (χ1) is 9.20. The van der Waals surface area contributed by atoms with Crippen molar-refractivity contribution in [2.75, 3.05) is 18.5 Å². The van der Waals surface area contributed by atoms with Crippen molar-refractivity contribution in [1.82, 2.24) is 4.90 Å². The van der Waals surface area contributed by atoms with Crippen molar-refractivity contribution >= 4 is 11.6 Å². The highest BCUT2D eigenvalue weighted by Crippen LogP contribution is 2.38. The van der Waals surface area contributed by atoms with E-state index in [1.165, 1.54) is 25.3 Å². The molecule has 1 aromatic rings. The van der Waals surface area contributed by atoms with Crippen LogP contribution in [0, 0.1) is 17.7 Å². The zero-order chi connectivity index (χ0) is 13.4. The SMILES string of the molecule is NNc1c(F)cccc1C(=O)N1CC2CCCC2C1. The number of carbonyl (C=O) groups is 1. The Labute approximate surface area is 111 Å². The lowest BCUT2D eigenvalue weighted by atomic mass is 10.0. The van der Waals surface area contributed by atoms with Crippen LogP contribution >= 0.6 is 0 Å². The molecule has 19 heavy (non-hydrogen) atoms. The van der Waals surface area contributed by atoms with Gasteiger partial charge in [-0.05, 0) is 36.8 Å². The highest BCUT2D eigenvalue weighted by Gasteiger charge is 2.38. The number of benzene rings is 1. The van der Waals surface area contributed by atoms with E-state index in [1.54, 1.807) is 12.1 Å². The molecule has 102 valence electrons. The first-order valence-electron chi connectivity index (χ1n) is 6.75. The largest absolute Gasteiger partial charge is 0.338 e. The molecule has 2 fully saturated rings. The van der Waals surface area contributed by atoms with Gasteiger partial charge in [0, 0.05) is 13.1 Å². The summed E-state index contributed by atoms with van der Waals surface area (Å²) in [6.45, 7) is 1.59. The second-order valence-corrected chi connectivity index (χ2v) is 5.47. The average molecular weight is 263 g/mol. The maximum atomic E-state index is 13.6. The minimum atomic E-state index is -0.493. The van der Waals surface area contributed by atoms with E-state index in [-0.39, 0.29) is 11.6 Å². The zero-order valence-corrected chi connectivity index (χ0v) is 10.7. The van der Waals surface area contributed by atoms with Crippen molar-refractivity contribution < 1.29 is 9.18 Å². The molecular weight excluding hydrogens is 245 g/mol. The predicted octanol–water partition coefficient (Wildman–Crippen LogP) is 1.98. The topological polar surface area (TPSA) is 58.4 Å². The molecule has 5 heteroatoms. The molecule has 2 unspecified atom stereocenters. The third kappa shape index (κ3) is 2.08. The minimum absolute atomic E-state index is 0.0876. The van der Waals surface area contributed by atoms with Gasteiger partial charge in [-0.15, -0.1) is 0 Å². The molecule has 0 bridgehead atoms. The first kappa shape index (κ1) is 12.4. The molecule has 0 spiro atoms. The van der Waals surface area contributed by atoms with Crippen LogP contribution in [0.5, 0.6) is 0 Å². The molecule has 3 N–H and O–H groups in total. The molecule has 3 rings (SSSR count). The van der Waals surface area contributed by atoms with Gasteiger partial charge in [-0.1, -0.05) is 12.5 Å². The summed E-state index contributed by atoms with van der Waals surface area (Å²) in [5.41, 5.74) is 2.71. The van der Waals surface area contributed by atoms with Crippen LogP contribution in [0.4, 0.5) is 10.1 Å². The second kappa shape index (κ2) is 4.81. The molecule has 1 saturated heterocycles. The summed E-state index contributed by atoms with van der Waals surface area (Å²) < 4.78 is 13.6. The monoisotopic (exact) mass is 263 g/mol. The molecule has 1 amide bonds. The van der Waals surface area contributed by atoms with Gasteiger partial charge < -0.3 is 10.3 Å². The summed E-state index contributed by atoms with van der Waals surface area (Å²) in [5.74, 6) is 5.97. The number of hydrazine groups is 1. The molecule has 0 radical (unpaired) electrons. The quantitative estimate of drug-likeness (QED) is 0.633. The smallest absolute Gasteiger partial charge is 0.256 e. The number of nitrogens with two attached hydrogens (primary N) is 1. The first-order valence-corrected chi connectivity index (χ1v) is 6.75. The van der Waals surface area contributed by atoms with Crippen LogP contribution in [0.2, 0.25) is 0 Å². The molecule has 1 aliphatic carbocycles. The average Bonchev–Trinajstić information content (AvgIpc) is 2.98. The Hall–Kier alpha value is -1.62. The third-order valence-electron chi connectivity index (χ3n) is 4.40. The number of halogens is 1. The lowest BCUT2D eigenvalue weighted by molar-refractivity contribution is 0.0781. The highest BCUT2D eigenvalue weighted by molar-refractivity contribution is 5.99. The molecule has 1 aliphatic heterocycles. The Bertz CT molecular complexity index is 493. The molecule has 1 saturated carbocycles. The molecule has 0 aromatic heterocycles. The number of amides is 1. The summed E-state index contributed by atoms with van der Waals surface area (Å²) in [6.07, 6.45) is 3.69. The van der Waals surface area contributed by atoms with Crippen LogP contribution < -0.4 is 11.3 Å². The summed E-state index contributed by atoms with van der Waals surface area (Å²) >= 11 is 0. The van der Waals surface area contributed by atoms with E-state index >= 15 is 0 Å². The number of fused-ring (bicyclic) bond motifs is 1. The van der Waals surface area contributed by atoms with Gasteiger partial charge in [-0.2, -0.15) is 0 Å². The van der Waals surface area contributed by atoms with Crippen molar-refractivity contribution in [3.05, 3.63) is 29.6 Å². The van der Waals surface area contributed by atoms with E-state index in [4.69, 9.17) is 5.84 Å². The maximum absolute atomic E-state index is 13.6. The maximum Gasteiger partial charge on any atom is 0.256 e. The number of hydrogen-bond acceptors (Lipinski definition) is 3. The van der Waals surface area contributed by atoms with E-state index < -0.39 is 5.82 Å². The highest BCUT2D eigenvalue weighted by atomic mass is 19.1. The van der Waals surface area contributed by atoms with E-state index in [1.807, 2.05) is 4.90 Å². The Balaban J connectivity index is 1.83. The number of nitrogens with zero attached hydrogens (tertiary/aromatic N) is 1. The minimum Gasteiger partial charge on any atom is -0.338 e. The van der Waals surface area contributed by atoms with Crippen molar-refractivity contribution in [3.8, 4) is 0 Å². The summed E-state index contributed by atoms with van der Waals surface area (Å²) in [4.78, 5) is 14.3. The fraction of sp³-hybridized carbons (Fsp3) is 0.500. The fourth-order valence-corrected chi connectivity index (χ4v) is 3.42. The van der Waals surface area contributed by atoms with Crippen molar-refractivity contribution in [2.45, 2.75) is 19.3 Å². The van der Waals surface area contributed by atoms with Gasteiger partial charge in [-0.25, -0.2) is 4.39 Å². The lowest BCUT2D eigenvalue weighted by Gasteiger charge is -2.19. The van der Waals surface area contributed by atoms with Gasteiger partial charge in [0.15, 0.2) is 0 Å². The van der Waals surface area contributed by atoms with Gasteiger partial charge in [0.05, 0.1) is 11.3 Å². The molecule has 4 nitrogen and oxygen atoms in total. The Morgan fingerprint density at radius 1 is 1.32 bits per heavy atom. The van der Waals surface area contributed by atoms with Crippen LogP contribution in [0.1, 0.15) is 29.6 Å². The Morgan fingerprint density at radius 3 is 2.63 bits per heavy atom. The number of nitrogen functional groups attached to an aromatic ring is 1. The van der Waals surface area contributed by atoms with Gasteiger partial charge in [0.2, 0.25) is 0 Å². The van der Waals surface area contributed by atoms with Crippen LogP contribution in [-0.2, 0) is 0 Å². The van der Waals surface area contributed by atoms with E-state index in [9.17, 15) is 9.18 Å². The molecular formula is C14H18FN3O. The summed E-state index contributed by atoms with van der Waals surface area (Å²) in [5, 5.41) is 0. The normalized spacial score (nSPS) is 25.5. The van der Waals surface area contributed by atoms with Crippen molar-refractivity contribution in [2.24, 2.45) is 17.7 Å². The molecule has 1 heterocycles. The van der Waals surface area contributed by atoms with Gasteiger partial charge in [-0.3, -0.25) is 10.6 Å². The second-order valence-electron chi connectivity index (χ2n) is 5.47. The number of nitrogens with one attached hydrogen (secondary N) is 1. The Morgan fingerprint density at radius 2 is 2.00 bits per heavy atom. The van der Waals surface area contributed by atoms with Crippen LogP contribution in [-0.4, -0.2) is 23.9 Å². The number of carbonyl (C=O) groups excluding carboxylic acids is 1. The molecule has 2 aliphatic rings. The summed E-state index contributed by atoms with van der Waals surface area (Å²) in [6, 6.07) is 4.46. The van der Waals surface area contributed by atoms with Crippen LogP contribution in [0.3, 0.4) is 0 Å². The number of rotatable bonds is 2. The number of likely N-dealkylation sites (tertiary alicyclic amines) is 1. The van der Waals surface area contributed by atoms with Crippen LogP contribution in [0.25, 0.3) is 0 Å². The van der Waals surface area contributed by atoms with E-state index in [2.05, 4.69) is 5.43 Å². The molecule has 1 aromatic carbocycles. The zero-order valence-electron chi connectivity index (χ0n) is 10.7. The third-order valence-corrected chi connectivity index (χ3v) is 4.40. The van der Waals surface area contributed by atoms with Gasteiger partial charge in [0.25, 0.3) is 5.91 Å². The number of hydrogen-bond donors (Lipinski definition) is 2. The Kier molecular flexibility index (Phi) is 3.14. The van der Waals surface area contributed by atoms with E-state index in [0.29, 0.717) is 17.4 Å². The van der Waals surface area contributed by atoms with Gasteiger partial charge >= 0.3 is 0 Å². The number of para-hydroxylation sites is 1. The van der Waals surface area contributed by atoms with Gasteiger partial charge in [0.1, 0.15) is 5.82 Å². The van der Waals surface area contributed by atoms with Crippen molar-refractivity contribution in [1.29, 1.82) is 0 Å². The molecule has 2 atom stereocenters. The van der Waals surface area contributed by atoms with E-state index in [0.717, 1.165) is 13.1 Å². The fourth-order valence-electron chi connectivity index (χ4n) is 3.42. The summed E-state index contributed by atoms with van der Waals surface area (Å²) in [7, 11) is 0. The standard InChI is InChI=1S/C14H18FN3O/c15-12-6-2-5-11(13(12)17-16)14(19)18-7-9-3-1-4-10(9)8-18/h2,5-6,9-10,17H,1,3-4,7-8,16H2. The van der Waals surface area contributed by atoms with Crippen LogP contribution in [0.15, 0.2) is 18.2 Å². The van der Waals surface area contributed by atoms with Crippen molar-refractivity contribution in [3.63, 3.8) is 0 Å². The number of anilines is 1.